The van der Waals surface area contributed by atoms with E-state index in [9.17, 15) is 14.4 Å². The number of nitrogens with zero attached hydrogens (tertiary/aromatic N) is 1. The number of hydrogen-bond acceptors (Lipinski definition) is 7. The first-order valence-electron chi connectivity index (χ1n) is 9.53. The van der Waals surface area contributed by atoms with Crippen molar-refractivity contribution in [3.8, 4) is 11.4 Å². The number of hydrogen-bond donors (Lipinski definition) is 1. The Labute approximate surface area is 175 Å². The molecule has 0 saturated heterocycles. The van der Waals surface area contributed by atoms with E-state index in [1.165, 1.54) is 7.11 Å². The normalized spacial score (nSPS) is 11.2. The quantitative estimate of drug-likeness (QED) is 0.746. The number of rotatable bonds is 5. The van der Waals surface area contributed by atoms with Crippen molar-refractivity contribution in [1.29, 1.82) is 0 Å². The van der Waals surface area contributed by atoms with E-state index in [0.29, 0.717) is 22.6 Å². The van der Waals surface area contributed by atoms with Crippen molar-refractivity contribution in [2.45, 2.75) is 47.1 Å². The fourth-order valence-electron chi connectivity index (χ4n) is 3.09. The van der Waals surface area contributed by atoms with Gasteiger partial charge in [-0.1, -0.05) is 6.07 Å². The van der Waals surface area contributed by atoms with Crippen LogP contribution in [0.2, 0.25) is 0 Å². The molecule has 8 heteroatoms. The number of carbonyl (C=O) groups is 2. The standard InChI is InChI=1S/C22H28N2O6/c1-8-29-20(26)14-11-15(21(27)30-22(4,5)6)19(25)24(18(14)23)17-12(2)9-10-16(28-7)13(17)3/h9-11H,8,23H2,1-7H3. The Morgan fingerprint density at radius 2 is 1.73 bits per heavy atom. The molecule has 2 aromatic rings. The summed E-state index contributed by atoms with van der Waals surface area (Å²) in [6, 6.07) is 4.65. The molecule has 0 fully saturated rings. The maximum Gasteiger partial charge on any atom is 0.344 e. The molecule has 30 heavy (non-hydrogen) atoms. The van der Waals surface area contributed by atoms with Gasteiger partial charge in [0.2, 0.25) is 0 Å². The minimum absolute atomic E-state index is 0.0982. The zero-order chi connectivity index (χ0) is 22.8. The average molecular weight is 416 g/mol. The molecular formula is C22H28N2O6. The first kappa shape index (κ1) is 23.0. The maximum absolute atomic E-state index is 13.3. The van der Waals surface area contributed by atoms with E-state index in [2.05, 4.69) is 0 Å². The molecule has 0 saturated carbocycles. The number of ether oxygens (including phenoxy) is 3. The molecule has 0 aliphatic heterocycles. The van der Waals surface area contributed by atoms with E-state index < -0.39 is 23.1 Å². The van der Waals surface area contributed by atoms with Gasteiger partial charge in [-0.25, -0.2) is 9.59 Å². The van der Waals surface area contributed by atoms with Gasteiger partial charge in [0.1, 0.15) is 28.3 Å². The summed E-state index contributed by atoms with van der Waals surface area (Å²) in [7, 11) is 1.51. The summed E-state index contributed by atoms with van der Waals surface area (Å²) >= 11 is 0. The largest absolute Gasteiger partial charge is 0.496 e. The van der Waals surface area contributed by atoms with Crippen molar-refractivity contribution in [2.24, 2.45) is 0 Å². The van der Waals surface area contributed by atoms with Gasteiger partial charge in [-0.3, -0.25) is 9.36 Å². The second-order valence-electron chi connectivity index (χ2n) is 7.78. The number of pyridine rings is 1. The minimum Gasteiger partial charge on any atom is -0.496 e. The van der Waals surface area contributed by atoms with Gasteiger partial charge in [0.05, 0.1) is 19.4 Å². The van der Waals surface area contributed by atoms with Gasteiger partial charge in [0.25, 0.3) is 5.56 Å². The predicted octanol–water partition coefficient (Wildman–Crippen LogP) is 3.18. The fraction of sp³-hybridized carbons (Fsp3) is 0.409. The Balaban J connectivity index is 2.92. The SMILES string of the molecule is CCOC(=O)c1cc(C(=O)OC(C)(C)C)c(=O)n(-c2c(C)ccc(OC)c2C)c1N. The Morgan fingerprint density at radius 1 is 1.10 bits per heavy atom. The van der Waals surface area contributed by atoms with Gasteiger partial charge in [-0.05, 0) is 59.2 Å². The topological polar surface area (TPSA) is 110 Å². The first-order valence-corrected chi connectivity index (χ1v) is 9.53. The number of nitrogen functional groups attached to an aromatic ring is 1. The predicted molar refractivity (Wildman–Crippen MR) is 114 cm³/mol. The molecule has 0 atom stereocenters. The molecule has 2 N–H and O–H groups in total. The second kappa shape index (κ2) is 8.61. The molecule has 162 valence electrons. The third kappa shape index (κ3) is 4.48. The maximum atomic E-state index is 13.3. The molecule has 1 aromatic carbocycles. The molecule has 1 heterocycles. The van der Waals surface area contributed by atoms with E-state index >= 15 is 0 Å². The molecular weight excluding hydrogens is 388 g/mol. The lowest BCUT2D eigenvalue weighted by Gasteiger charge is -2.22. The number of esters is 2. The Bertz CT molecular complexity index is 1050. The van der Waals surface area contributed by atoms with E-state index in [1.807, 2.05) is 0 Å². The molecule has 1 aromatic heterocycles. The second-order valence-corrected chi connectivity index (χ2v) is 7.78. The number of methoxy groups -OCH3 is 1. The highest BCUT2D eigenvalue weighted by Gasteiger charge is 2.28. The van der Waals surface area contributed by atoms with Crippen LogP contribution in [0.25, 0.3) is 5.69 Å². The Kier molecular flexibility index (Phi) is 6.60. The van der Waals surface area contributed by atoms with E-state index in [-0.39, 0.29) is 23.6 Å². The number of nitrogens with two attached hydrogens (primary N) is 1. The molecule has 2 rings (SSSR count). The van der Waals surface area contributed by atoms with Crippen LogP contribution < -0.4 is 16.0 Å². The summed E-state index contributed by atoms with van der Waals surface area (Å²) in [5.41, 5.74) is 6.05. The van der Waals surface area contributed by atoms with Crippen molar-refractivity contribution < 1.29 is 23.8 Å². The third-order valence-electron chi connectivity index (χ3n) is 4.38. The average Bonchev–Trinajstić information content (AvgIpc) is 2.63. The molecule has 0 aliphatic carbocycles. The van der Waals surface area contributed by atoms with Crippen molar-refractivity contribution in [1.82, 2.24) is 4.57 Å². The molecule has 0 unspecified atom stereocenters. The van der Waals surface area contributed by atoms with Gasteiger partial charge in [0, 0.05) is 5.56 Å². The van der Waals surface area contributed by atoms with Crippen LogP contribution in [0.5, 0.6) is 5.75 Å². The smallest absolute Gasteiger partial charge is 0.344 e. The minimum atomic E-state index is -0.856. The van der Waals surface area contributed by atoms with Crippen LogP contribution in [0.15, 0.2) is 23.0 Å². The summed E-state index contributed by atoms with van der Waals surface area (Å²) in [5.74, 6) is -1.20. The molecule has 0 bridgehead atoms. The zero-order valence-corrected chi connectivity index (χ0v) is 18.4. The summed E-state index contributed by atoms with van der Waals surface area (Å²) < 4.78 is 16.9. The van der Waals surface area contributed by atoms with Crippen LogP contribution in [0.3, 0.4) is 0 Å². The lowest BCUT2D eigenvalue weighted by atomic mass is 10.1. The highest BCUT2D eigenvalue weighted by Crippen LogP contribution is 2.29. The van der Waals surface area contributed by atoms with E-state index in [4.69, 9.17) is 19.9 Å². The third-order valence-corrected chi connectivity index (χ3v) is 4.38. The zero-order valence-electron chi connectivity index (χ0n) is 18.4. The monoisotopic (exact) mass is 416 g/mol. The lowest BCUT2D eigenvalue weighted by molar-refractivity contribution is 0.00672. The van der Waals surface area contributed by atoms with Gasteiger partial charge in [0.15, 0.2) is 0 Å². The summed E-state index contributed by atoms with van der Waals surface area (Å²) in [6.45, 7) is 10.4. The van der Waals surface area contributed by atoms with Gasteiger partial charge < -0.3 is 19.9 Å². The molecule has 0 aliphatic rings. The van der Waals surface area contributed by atoms with Crippen molar-refractivity contribution in [3.05, 3.63) is 50.8 Å². The number of aryl methyl sites for hydroxylation is 1. The molecule has 8 nitrogen and oxygen atoms in total. The van der Waals surface area contributed by atoms with E-state index in [1.54, 1.807) is 53.7 Å². The first-order chi connectivity index (χ1) is 13.9. The molecule has 0 radical (unpaired) electrons. The number of carbonyl (C=O) groups excluding carboxylic acids is 2. The number of anilines is 1. The number of aromatic nitrogens is 1. The van der Waals surface area contributed by atoms with Crippen LogP contribution in [-0.2, 0) is 9.47 Å². The fourth-order valence-corrected chi connectivity index (χ4v) is 3.09. The summed E-state index contributed by atoms with van der Waals surface area (Å²) in [5, 5.41) is 0. The van der Waals surface area contributed by atoms with Crippen molar-refractivity contribution in [3.63, 3.8) is 0 Å². The Morgan fingerprint density at radius 3 is 2.27 bits per heavy atom. The van der Waals surface area contributed by atoms with Crippen LogP contribution >= 0.6 is 0 Å². The summed E-state index contributed by atoms with van der Waals surface area (Å²) in [4.78, 5) is 38.6. The number of benzene rings is 1. The van der Waals surface area contributed by atoms with Crippen molar-refractivity contribution >= 4 is 17.8 Å². The Hall–Kier alpha value is -3.29. The molecule has 0 spiro atoms. The lowest BCUT2D eigenvalue weighted by Crippen LogP contribution is -2.34. The van der Waals surface area contributed by atoms with Gasteiger partial charge >= 0.3 is 11.9 Å². The van der Waals surface area contributed by atoms with Crippen molar-refractivity contribution in [2.75, 3.05) is 19.5 Å². The van der Waals surface area contributed by atoms with Crippen LogP contribution in [-0.4, -0.2) is 35.8 Å². The van der Waals surface area contributed by atoms with Gasteiger partial charge in [-0.2, -0.15) is 0 Å². The highest BCUT2D eigenvalue weighted by atomic mass is 16.6. The van der Waals surface area contributed by atoms with Crippen LogP contribution in [0.1, 0.15) is 59.5 Å². The highest BCUT2D eigenvalue weighted by molar-refractivity contribution is 5.98. The van der Waals surface area contributed by atoms with E-state index in [0.717, 1.165) is 10.6 Å². The molecule has 0 amide bonds. The van der Waals surface area contributed by atoms with Crippen LogP contribution in [0.4, 0.5) is 5.82 Å². The van der Waals surface area contributed by atoms with Crippen LogP contribution in [0, 0.1) is 13.8 Å². The van der Waals surface area contributed by atoms with Gasteiger partial charge in [-0.15, -0.1) is 0 Å². The summed E-state index contributed by atoms with van der Waals surface area (Å²) in [6.07, 6.45) is 0.